The average Bonchev–Trinajstić information content (AvgIpc) is 2.68. The van der Waals surface area contributed by atoms with E-state index in [0.717, 1.165) is 23.7 Å². The third-order valence-electron chi connectivity index (χ3n) is 3.33. The summed E-state index contributed by atoms with van der Waals surface area (Å²) in [5, 5.41) is 12.7. The Morgan fingerprint density at radius 1 is 1.56 bits per heavy atom. The molecule has 88 valence electrons. The Kier molecular flexibility index (Phi) is 4.00. The van der Waals surface area contributed by atoms with Crippen LogP contribution in [-0.2, 0) is 6.42 Å². The zero-order valence-corrected chi connectivity index (χ0v) is 11.1. The molecule has 0 bridgehead atoms. The first-order chi connectivity index (χ1) is 7.74. The summed E-state index contributed by atoms with van der Waals surface area (Å²) in [6, 6.07) is 7.13. The van der Waals surface area contributed by atoms with Crippen LogP contribution < -0.4 is 5.32 Å². The molecule has 2 N–H and O–H groups in total. The van der Waals surface area contributed by atoms with Crippen molar-refractivity contribution in [2.75, 3.05) is 6.61 Å². The van der Waals surface area contributed by atoms with Crippen LogP contribution in [0.2, 0.25) is 0 Å². The highest BCUT2D eigenvalue weighted by atomic mass is 79.9. The third-order valence-corrected chi connectivity index (χ3v) is 3.83. The molecule has 1 aromatic rings. The second-order valence-corrected chi connectivity index (χ2v) is 5.30. The van der Waals surface area contributed by atoms with Gasteiger partial charge in [-0.1, -0.05) is 28.9 Å². The number of aliphatic hydroxyl groups is 1. The van der Waals surface area contributed by atoms with Gasteiger partial charge in [-0.15, -0.1) is 0 Å². The summed E-state index contributed by atoms with van der Waals surface area (Å²) < 4.78 is 1.15. The summed E-state index contributed by atoms with van der Waals surface area (Å²) in [5.74, 6) is 0. The molecule has 2 nitrogen and oxygen atoms in total. The first kappa shape index (κ1) is 12.1. The highest BCUT2D eigenvalue weighted by Gasteiger charge is 2.23. The maximum Gasteiger partial charge on any atom is 0.0584 e. The zero-order chi connectivity index (χ0) is 11.5. The largest absolute Gasteiger partial charge is 0.395 e. The Hall–Kier alpha value is -0.380. The molecule has 0 spiro atoms. The number of halogens is 1. The summed E-state index contributed by atoms with van der Waals surface area (Å²) in [6.45, 7) is 2.32. The zero-order valence-electron chi connectivity index (χ0n) is 9.54. The number of aliphatic hydroxyl groups excluding tert-OH is 1. The quantitative estimate of drug-likeness (QED) is 0.891. The summed E-state index contributed by atoms with van der Waals surface area (Å²) in [4.78, 5) is 0. The van der Waals surface area contributed by atoms with Gasteiger partial charge in [-0.3, -0.25) is 0 Å². The Morgan fingerprint density at radius 2 is 2.38 bits per heavy atom. The maximum atomic E-state index is 9.21. The minimum atomic E-state index is 0.221. The van der Waals surface area contributed by atoms with E-state index in [4.69, 9.17) is 0 Å². The molecule has 0 aromatic heterocycles. The fraction of sp³-hybridized carbons (Fsp3) is 0.538. The summed E-state index contributed by atoms with van der Waals surface area (Å²) >= 11 is 3.50. The molecule has 0 amide bonds. The van der Waals surface area contributed by atoms with E-state index in [1.807, 2.05) is 0 Å². The number of aryl methyl sites for hydroxylation is 1. The van der Waals surface area contributed by atoms with E-state index in [1.165, 1.54) is 11.1 Å². The van der Waals surface area contributed by atoms with Crippen molar-refractivity contribution in [1.29, 1.82) is 0 Å². The predicted molar refractivity (Wildman–Crippen MR) is 69.5 cm³/mol. The van der Waals surface area contributed by atoms with Crippen LogP contribution in [0.1, 0.15) is 36.9 Å². The molecular formula is C13H18BrNO. The van der Waals surface area contributed by atoms with E-state index >= 15 is 0 Å². The lowest BCUT2D eigenvalue weighted by Gasteiger charge is -2.20. The summed E-state index contributed by atoms with van der Waals surface area (Å²) in [5.41, 5.74) is 2.83. The first-order valence-electron chi connectivity index (χ1n) is 5.89. The lowest BCUT2D eigenvalue weighted by molar-refractivity contribution is 0.227. The van der Waals surface area contributed by atoms with Crippen LogP contribution in [0.25, 0.3) is 0 Å². The van der Waals surface area contributed by atoms with Crippen LogP contribution >= 0.6 is 15.9 Å². The van der Waals surface area contributed by atoms with Gasteiger partial charge in [0.1, 0.15) is 0 Å². The fourth-order valence-electron chi connectivity index (χ4n) is 2.34. The van der Waals surface area contributed by atoms with Gasteiger partial charge in [0.2, 0.25) is 0 Å². The van der Waals surface area contributed by atoms with Crippen LogP contribution in [0.3, 0.4) is 0 Å². The van der Waals surface area contributed by atoms with Crippen molar-refractivity contribution in [3.05, 3.63) is 33.8 Å². The SMILES string of the molecule is CC[C@@H](CO)NC1CCc2cc(Br)ccc21. The average molecular weight is 284 g/mol. The standard InChI is InChI=1S/C13H18BrNO/c1-2-11(8-16)15-13-6-3-9-7-10(14)4-5-12(9)13/h4-5,7,11,13,15-16H,2-3,6,8H2,1H3/t11-,13?/m0/s1. The molecule has 0 heterocycles. The molecule has 1 unspecified atom stereocenters. The minimum absolute atomic E-state index is 0.221. The number of rotatable bonds is 4. The van der Waals surface area contributed by atoms with Gasteiger partial charge >= 0.3 is 0 Å². The van der Waals surface area contributed by atoms with Crippen molar-refractivity contribution in [3.63, 3.8) is 0 Å². The summed E-state index contributed by atoms with van der Waals surface area (Å²) in [6.07, 6.45) is 3.25. The van der Waals surface area contributed by atoms with Crippen molar-refractivity contribution in [2.24, 2.45) is 0 Å². The fourth-order valence-corrected chi connectivity index (χ4v) is 2.75. The van der Waals surface area contributed by atoms with Gasteiger partial charge in [0.15, 0.2) is 0 Å². The van der Waals surface area contributed by atoms with E-state index in [1.54, 1.807) is 0 Å². The molecule has 0 saturated heterocycles. The highest BCUT2D eigenvalue weighted by molar-refractivity contribution is 9.10. The Morgan fingerprint density at radius 3 is 3.06 bits per heavy atom. The predicted octanol–water partition coefficient (Wildman–Crippen LogP) is 2.80. The van der Waals surface area contributed by atoms with E-state index < -0.39 is 0 Å². The first-order valence-corrected chi connectivity index (χ1v) is 6.69. The van der Waals surface area contributed by atoms with Crippen LogP contribution in [0.15, 0.2) is 22.7 Å². The second kappa shape index (κ2) is 5.30. The van der Waals surface area contributed by atoms with Gasteiger partial charge in [0.25, 0.3) is 0 Å². The molecular weight excluding hydrogens is 266 g/mol. The van der Waals surface area contributed by atoms with Crippen molar-refractivity contribution in [2.45, 2.75) is 38.3 Å². The van der Waals surface area contributed by atoms with Gasteiger partial charge in [-0.2, -0.15) is 0 Å². The van der Waals surface area contributed by atoms with Gasteiger partial charge in [-0.25, -0.2) is 0 Å². The minimum Gasteiger partial charge on any atom is -0.395 e. The van der Waals surface area contributed by atoms with Crippen LogP contribution in [0.4, 0.5) is 0 Å². The smallest absolute Gasteiger partial charge is 0.0584 e. The molecule has 0 radical (unpaired) electrons. The molecule has 3 heteroatoms. The van der Waals surface area contributed by atoms with Crippen molar-refractivity contribution >= 4 is 15.9 Å². The number of nitrogens with one attached hydrogen (secondary N) is 1. The number of fused-ring (bicyclic) bond motifs is 1. The monoisotopic (exact) mass is 283 g/mol. The van der Waals surface area contributed by atoms with Crippen molar-refractivity contribution < 1.29 is 5.11 Å². The van der Waals surface area contributed by atoms with Gasteiger partial charge in [0.05, 0.1) is 6.61 Å². The van der Waals surface area contributed by atoms with E-state index in [2.05, 4.69) is 46.4 Å². The Labute approximate surface area is 105 Å². The molecule has 0 saturated carbocycles. The summed E-state index contributed by atoms with van der Waals surface area (Å²) in [7, 11) is 0. The Bertz CT molecular complexity index is 363. The maximum absolute atomic E-state index is 9.21. The third kappa shape index (κ3) is 2.47. The number of hydrogen-bond donors (Lipinski definition) is 2. The van der Waals surface area contributed by atoms with Crippen molar-refractivity contribution in [3.8, 4) is 0 Å². The van der Waals surface area contributed by atoms with Crippen LogP contribution in [-0.4, -0.2) is 17.8 Å². The highest BCUT2D eigenvalue weighted by Crippen LogP contribution is 2.33. The van der Waals surface area contributed by atoms with Crippen LogP contribution in [0.5, 0.6) is 0 Å². The van der Waals surface area contributed by atoms with Gasteiger partial charge in [-0.05, 0) is 42.5 Å². The lowest BCUT2D eigenvalue weighted by atomic mass is 10.1. The molecule has 0 fully saturated rings. The number of benzene rings is 1. The molecule has 16 heavy (non-hydrogen) atoms. The van der Waals surface area contributed by atoms with Crippen LogP contribution in [0, 0.1) is 0 Å². The molecule has 1 aromatic carbocycles. The number of hydrogen-bond acceptors (Lipinski definition) is 2. The van der Waals surface area contributed by atoms with E-state index in [-0.39, 0.29) is 12.6 Å². The van der Waals surface area contributed by atoms with E-state index in [0.29, 0.717) is 6.04 Å². The lowest BCUT2D eigenvalue weighted by Crippen LogP contribution is -2.34. The Balaban J connectivity index is 2.11. The molecule has 2 rings (SSSR count). The second-order valence-electron chi connectivity index (χ2n) is 4.39. The molecule has 1 aliphatic carbocycles. The topological polar surface area (TPSA) is 32.3 Å². The van der Waals surface area contributed by atoms with Gasteiger partial charge < -0.3 is 10.4 Å². The molecule has 0 aliphatic heterocycles. The van der Waals surface area contributed by atoms with E-state index in [9.17, 15) is 5.11 Å². The van der Waals surface area contributed by atoms with Gasteiger partial charge in [0, 0.05) is 16.6 Å². The normalized spacial score (nSPS) is 20.8. The molecule has 1 aliphatic rings. The molecule has 2 atom stereocenters. The van der Waals surface area contributed by atoms with Crippen molar-refractivity contribution in [1.82, 2.24) is 5.32 Å².